The van der Waals surface area contributed by atoms with Crippen molar-refractivity contribution >= 4 is 19.6 Å². The average Bonchev–Trinajstić information content (AvgIpc) is 2.64. The van der Waals surface area contributed by atoms with Gasteiger partial charge in [0.2, 0.25) is 0 Å². The smallest absolute Gasteiger partial charge is 0.330 e. The molecule has 6 heteroatoms. The molecule has 30 heavy (non-hydrogen) atoms. The fourth-order valence-electron chi connectivity index (χ4n) is 6.74. The molecular formula is C24H38BNO4. The molecule has 3 aliphatic carbocycles. The molecule has 0 amide bonds. The van der Waals surface area contributed by atoms with E-state index >= 15 is 0 Å². The molecule has 0 aromatic carbocycles. The minimum absolute atomic E-state index is 0.0660. The molecular weight excluding hydrogens is 377 g/mol. The highest BCUT2D eigenvalue weighted by atomic mass is 16.5. The lowest BCUT2D eigenvalue weighted by molar-refractivity contribution is -0.167. The summed E-state index contributed by atoms with van der Waals surface area (Å²) < 4.78 is 5.34. The molecule has 166 valence electrons. The molecule has 3 fully saturated rings. The number of hydrogen-bond acceptors (Lipinski definition) is 5. The molecule has 2 radical (unpaired) electrons. The van der Waals surface area contributed by atoms with Crippen LogP contribution in [0.15, 0.2) is 11.6 Å². The van der Waals surface area contributed by atoms with Gasteiger partial charge in [-0.05, 0) is 56.0 Å². The molecule has 3 rings (SSSR count). The highest BCUT2D eigenvalue weighted by molar-refractivity contribution is 6.19. The molecule has 3 aliphatic rings. The number of aliphatic hydroxyl groups excluding tert-OH is 1. The number of likely N-dealkylation sites (N-methyl/N-ethyl adjacent to an activating group) is 1. The molecule has 0 bridgehead atoms. The molecule has 6 atom stereocenters. The average molecular weight is 415 g/mol. The molecule has 1 N–H and O–H groups in total. The van der Waals surface area contributed by atoms with Crippen LogP contribution in [0.4, 0.5) is 0 Å². The number of ether oxygens (including phenoxy) is 1. The van der Waals surface area contributed by atoms with Gasteiger partial charge >= 0.3 is 5.97 Å². The van der Waals surface area contributed by atoms with Gasteiger partial charge in [0.25, 0.3) is 0 Å². The number of hydrogen-bond donors (Lipinski definition) is 1. The van der Waals surface area contributed by atoms with Crippen LogP contribution in [0.25, 0.3) is 0 Å². The highest BCUT2D eigenvalue weighted by Crippen LogP contribution is 2.72. The van der Waals surface area contributed by atoms with E-state index in [4.69, 9.17) is 12.6 Å². The zero-order chi connectivity index (χ0) is 22.5. The van der Waals surface area contributed by atoms with Crippen LogP contribution in [0, 0.1) is 28.6 Å². The molecule has 0 aliphatic heterocycles. The second-order valence-electron chi connectivity index (χ2n) is 11.0. The van der Waals surface area contributed by atoms with Gasteiger partial charge in [-0.1, -0.05) is 45.0 Å². The molecule has 3 saturated carbocycles. The van der Waals surface area contributed by atoms with Crippen molar-refractivity contribution in [1.29, 1.82) is 0 Å². The Hall–Kier alpha value is -1.14. The van der Waals surface area contributed by atoms with Crippen LogP contribution in [0.2, 0.25) is 5.31 Å². The van der Waals surface area contributed by atoms with Crippen molar-refractivity contribution in [3.8, 4) is 0 Å². The number of ketones is 1. The standard InChI is InChI=1S/C24H38BNO4/c1-15-16(13-20(29)30-12-11-26(5)6)7-10-24(25)21(15)17(27)14-18-22(2,3)19(28)8-9-23(18,24)4/h13,15,18-19,21,28H,7-12,14H2,1-6H3/t15-,18-,19-,21+,23-,24+/m0/s1. The molecule has 0 spiro atoms. The van der Waals surface area contributed by atoms with Crippen molar-refractivity contribution in [3.05, 3.63) is 11.6 Å². The zero-order valence-electron chi connectivity index (χ0n) is 19.5. The Labute approximate surface area is 183 Å². The van der Waals surface area contributed by atoms with Gasteiger partial charge in [0.05, 0.1) is 14.0 Å². The van der Waals surface area contributed by atoms with Gasteiger partial charge in [-0.3, -0.25) is 4.79 Å². The third kappa shape index (κ3) is 3.68. The number of esters is 1. The summed E-state index contributed by atoms with van der Waals surface area (Å²) in [7, 11) is 11.0. The van der Waals surface area contributed by atoms with Crippen LogP contribution in [0.3, 0.4) is 0 Å². The molecule has 0 aromatic rings. The van der Waals surface area contributed by atoms with E-state index in [0.717, 1.165) is 18.4 Å². The van der Waals surface area contributed by atoms with E-state index in [0.29, 0.717) is 32.4 Å². The summed E-state index contributed by atoms with van der Waals surface area (Å²) in [5.41, 5.74) is 0.428. The van der Waals surface area contributed by atoms with E-state index in [1.165, 1.54) is 0 Å². The predicted octanol–water partition coefficient (Wildman–Crippen LogP) is 3.17. The maximum Gasteiger partial charge on any atom is 0.330 e. The third-order valence-electron chi connectivity index (χ3n) is 8.83. The molecule has 0 aromatic heterocycles. The molecule has 0 unspecified atom stereocenters. The number of Topliss-reactive ketones (excluding diaryl/α,β-unsaturated/α-hetero) is 1. The van der Waals surface area contributed by atoms with E-state index in [2.05, 4.69) is 20.8 Å². The first-order valence-corrected chi connectivity index (χ1v) is 11.4. The minimum Gasteiger partial charge on any atom is -0.461 e. The normalized spacial score (nSPS) is 42.0. The Morgan fingerprint density at radius 1 is 1.30 bits per heavy atom. The maximum atomic E-state index is 13.4. The summed E-state index contributed by atoms with van der Waals surface area (Å²) in [5.74, 6) is -0.459. The Morgan fingerprint density at radius 2 is 1.97 bits per heavy atom. The van der Waals surface area contributed by atoms with Gasteiger partial charge in [0, 0.05) is 25.0 Å². The van der Waals surface area contributed by atoms with Crippen LogP contribution in [-0.2, 0) is 14.3 Å². The third-order valence-corrected chi connectivity index (χ3v) is 8.83. The fraction of sp³-hybridized carbons (Fsp3) is 0.833. The van der Waals surface area contributed by atoms with Crippen LogP contribution in [0.1, 0.15) is 59.8 Å². The second-order valence-corrected chi connectivity index (χ2v) is 11.0. The number of carbonyl (C=O) groups excluding carboxylic acids is 2. The van der Waals surface area contributed by atoms with Crippen LogP contribution < -0.4 is 0 Å². The number of nitrogens with zero attached hydrogens (tertiary/aromatic N) is 1. The Morgan fingerprint density at radius 3 is 2.60 bits per heavy atom. The Bertz CT molecular complexity index is 733. The largest absolute Gasteiger partial charge is 0.461 e. The lowest BCUT2D eigenvalue weighted by Crippen LogP contribution is -2.62. The number of aliphatic hydroxyl groups is 1. The van der Waals surface area contributed by atoms with Crippen molar-refractivity contribution in [2.75, 3.05) is 27.2 Å². The summed E-state index contributed by atoms with van der Waals surface area (Å²) in [6.07, 6.45) is 4.58. The van der Waals surface area contributed by atoms with Gasteiger partial charge in [-0.15, -0.1) is 0 Å². The fourth-order valence-corrected chi connectivity index (χ4v) is 6.74. The van der Waals surface area contributed by atoms with E-state index < -0.39 is 11.4 Å². The number of allylic oxidation sites excluding steroid dienone is 1. The topological polar surface area (TPSA) is 66.8 Å². The quantitative estimate of drug-likeness (QED) is 0.434. The van der Waals surface area contributed by atoms with Crippen molar-refractivity contribution in [3.63, 3.8) is 0 Å². The summed E-state index contributed by atoms with van der Waals surface area (Å²) in [4.78, 5) is 27.7. The van der Waals surface area contributed by atoms with Crippen LogP contribution >= 0.6 is 0 Å². The molecule has 5 nitrogen and oxygen atoms in total. The van der Waals surface area contributed by atoms with Gasteiger partial charge in [-0.2, -0.15) is 0 Å². The summed E-state index contributed by atoms with van der Waals surface area (Å²) in [6.45, 7) is 9.47. The summed E-state index contributed by atoms with van der Waals surface area (Å²) in [5, 5.41) is 10.0. The lowest BCUT2D eigenvalue weighted by atomic mass is 9.31. The summed E-state index contributed by atoms with van der Waals surface area (Å²) >= 11 is 0. The lowest BCUT2D eigenvalue weighted by Gasteiger charge is -2.67. The first kappa shape index (κ1) is 23.5. The van der Waals surface area contributed by atoms with Crippen molar-refractivity contribution in [1.82, 2.24) is 4.90 Å². The van der Waals surface area contributed by atoms with Crippen LogP contribution in [-0.4, -0.2) is 63.0 Å². The van der Waals surface area contributed by atoms with Crippen molar-refractivity contribution in [2.24, 2.45) is 28.6 Å². The molecule has 0 heterocycles. The Kier molecular flexibility index (Phi) is 6.34. The number of carbonyl (C=O) groups is 2. The SMILES string of the molecule is [B][C@]12CCC(=CC(=O)OCCN(C)C)[C@H](C)[C@@H]1C(=O)C[C@H]1C(C)(C)[C@@H](O)CC[C@@]12C. The van der Waals surface area contributed by atoms with E-state index in [-0.39, 0.29) is 40.3 Å². The highest BCUT2D eigenvalue weighted by Gasteiger charge is 2.65. The number of fused-ring (bicyclic) bond motifs is 3. The van der Waals surface area contributed by atoms with E-state index in [1.54, 1.807) is 6.08 Å². The Balaban J connectivity index is 1.85. The van der Waals surface area contributed by atoms with Crippen molar-refractivity contribution < 1.29 is 19.4 Å². The van der Waals surface area contributed by atoms with Crippen molar-refractivity contribution in [2.45, 2.75) is 71.2 Å². The second kappa shape index (κ2) is 8.09. The molecule has 0 saturated heterocycles. The van der Waals surface area contributed by atoms with Gasteiger partial charge in [0.1, 0.15) is 12.4 Å². The van der Waals surface area contributed by atoms with Gasteiger partial charge in [0.15, 0.2) is 0 Å². The number of rotatable bonds is 4. The summed E-state index contributed by atoms with van der Waals surface area (Å²) in [6, 6.07) is 0. The minimum atomic E-state index is -0.615. The van der Waals surface area contributed by atoms with Gasteiger partial charge < -0.3 is 14.7 Å². The monoisotopic (exact) mass is 415 g/mol. The maximum absolute atomic E-state index is 13.4. The van der Waals surface area contributed by atoms with Gasteiger partial charge in [-0.25, -0.2) is 4.79 Å². The predicted molar refractivity (Wildman–Crippen MR) is 118 cm³/mol. The van der Waals surface area contributed by atoms with E-state index in [9.17, 15) is 14.7 Å². The zero-order valence-corrected chi connectivity index (χ0v) is 19.5. The first-order valence-electron chi connectivity index (χ1n) is 11.4. The van der Waals surface area contributed by atoms with Crippen LogP contribution in [0.5, 0.6) is 0 Å². The first-order chi connectivity index (χ1) is 13.8. The van der Waals surface area contributed by atoms with E-state index in [1.807, 2.05) is 25.9 Å².